The van der Waals surface area contributed by atoms with Crippen molar-refractivity contribution in [1.29, 1.82) is 0 Å². The second-order valence-electron chi connectivity index (χ2n) is 7.74. The molecular formula is C22H24N4O4S. The number of carbonyl (C=O) groups excluding carboxylic acids is 1. The second kappa shape index (κ2) is 8.14. The zero-order valence-corrected chi connectivity index (χ0v) is 18.2. The first-order valence-electron chi connectivity index (χ1n) is 10.1. The first kappa shape index (κ1) is 21.0. The third kappa shape index (κ3) is 4.05. The summed E-state index contributed by atoms with van der Waals surface area (Å²) in [6.07, 6.45) is 2.75. The van der Waals surface area contributed by atoms with E-state index in [1.165, 1.54) is 10.5 Å². The van der Waals surface area contributed by atoms with Crippen molar-refractivity contribution >= 4 is 32.7 Å². The van der Waals surface area contributed by atoms with E-state index < -0.39 is 15.9 Å². The van der Waals surface area contributed by atoms with Gasteiger partial charge in [0.2, 0.25) is 10.0 Å². The lowest BCUT2D eigenvalue weighted by atomic mass is 10.1. The summed E-state index contributed by atoms with van der Waals surface area (Å²) < 4.78 is 26.6. The van der Waals surface area contributed by atoms with Crippen LogP contribution in [-0.2, 0) is 16.6 Å². The van der Waals surface area contributed by atoms with Crippen LogP contribution in [0.5, 0.6) is 5.75 Å². The van der Waals surface area contributed by atoms with Gasteiger partial charge < -0.3 is 10.4 Å². The minimum absolute atomic E-state index is 0.0194. The fourth-order valence-electron chi connectivity index (χ4n) is 3.78. The van der Waals surface area contributed by atoms with E-state index in [-0.39, 0.29) is 41.6 Å². The number of nitrogens with one attached hydrogen (secondary N) is 1. The van der Waals surface area contributed by atoms with E-state index in [4.69, 9.17) is 0 Å². The lowest BCUT2D eigenvalue weighted by Crippen LogP contribution is -2.39. The highest BCUT2D eigenvalue weighted by Gasteiger charge is 2.31. The van der Waals surface area contributed by atoms with E-state index in [0.29, 0.717) is 18.2 Å². The molecule has 0 spiro atoms. The van der Waals surface area contributed by atoms with Crippen LogP contribution in [0, 0.1) is 13.8 Å². The number of fused-ring (bicyclic) bond motifs is 1. The summed E-state index contributed by atoms with van der Waals surface area (Å²) in [5.41, 5.74) is 3.01. The van der Waals surface area contributed by atoms with Gasteiger partial charge in [-0.3, -0.25) is 14.1 Å². The summed E-state index contributed by atoms with van der Waals surface area (Å²) in [6, 6.07) is 9.21. The minimum atomic E-state index is -3.56. The molecule has 1 aliphatic heterocycles. The molecule has 3 aromatic rings. The Bertz CT molecular complexity index is 1270. The zero-order valence-electron chi connectivity index (χ0n) is 17.4. The maximum absolute atomic E-state index is 12.9. The fraction of sp³-hybridized carbons (Fsp3) is 0.318. The molecule has 0 saturated carbocycles. The molecule has 4 rings (SSSR count). The van der Waals surface area contributed by atoms with Crippen molar-refractivity contribution in [2.24, 2.45) is 0 Å². The van der Waals surface area contributed by atoms with Gasteiger partial charge in [-0.2, -0.15) is 0 Å². The van der Waals surface area contributed by atoms with Crippen LogP contribution in [0.25, 0.3) is 10.9 Å². The van der Waals surface area contributed by atoms with Crippen molar-refractivity contribution in [2.75, 3.05) is 16.6 Å². The molecular weight excluding hydrogens is 416 g/mol. The van der Waals surface area contributed by atoms with E-state index >= 15 is 0 Å². The Labute approximate surface area is 181 Å². The molecule has 9 heteroatoms. The molecule has 162 valence electrons. The molecule has 8 nitrogen and oxygen atoms in total. The number of amides is 1. The molecule has 0 atom stereocenters. The van der Waals surface area contributed by atoms with Gasteiger partial charge in [0.1, 0.15) is 5.52 Å². The van der Waals surface area contributed by atoms with Gasteiger partial charge >= 0.3 is 0 Å². The number of aryl methyl sites for hydroxylation is 2. The van der Waals surface area contributed by atoms with Crippen LogP contribution in [0.2, 0.25) is 0 Å². The summed E-state index contributed by atoms with van der Waals surface area (Å²) in [5, 5.41) is 13.9. The van der Waals surface area contributed by atoms with Crippen molar-refractivity contribution in [3.05, 3.63) is 58.9 Å². The predicted molar refractivity (Wildman–Crippen MR) is 119 cm³/mol. The van der Waals surface area contributed by atoms with E-state index in [0.717, 1.165) is 16.7 Å². The molecule has 0 aliphatic carbocycles. The number of anilines is 1. The van der Waals surface area contributed by atoms with Crippen molar-refractivity contribution in [1.82, 2.24) is 15.3 Å². The Morgan fingerprint density at radius 3 is 2.77 bits per heavy atom. The number of aromatic hydroxyl groups is 1. The van der Waals surface area contributed by atoms with Crippen LogP contribution in [-0.4, -0.2) is 41.7 Å². The monoisotopic (exact) mass is 440 g/mol. The topological polar surface area (TPSA) is 112 Å². The van der Waals surface area contributed by atoms with Crippen molar-refractivity contribution in [3.63, 3.8) is 0 Å². The number of rotatable bonds is 4. The molecule has 0 unspecified atom stereocenters. The number of pyridine rings is 2. The number of benzene rings is 1. The number of carbonyl (C=O) groups is 1. The average Bonchev–Trinajstić information content (AvgIpc) is 2.73. The SMILES string of the molecule is Cc1ccc(CNC(=O)c2nc(N3CCCCS3(=O)=O)c3cccnc3c2O)c(C)c1. The normalized spacial score (nSPS) is 15.7. The van der Waals surface area contributed by atoms with Crippen molar-refractivity contribution < 1.29 is 18.3 Å². The Morgan fingerprint density at radius 1 is 1.23 bits per heavy atom. The van der Waals surface area contributed by atoms with Crippen molar-refractivity contribution in [2.45, 2.75) is 33.2 Å². The molecule has 2 aromatic heterocycles. The van der Waals surface area contributed by atoms with Gasteiger partial charge in [-0.15, -0.1) is 0 Å². The molecule has 1 aromatic carbocycles. The Kier molecular flexibility index (Phi) is 5.53. The van der Waals surface area contributed by atoms with Crippen LogP contribution in [0.4, 0.5) is 5.82 Å². The first-order valence-corrected chi connectivity index (χ1v) is 11.7. The predicted octanol–water partition coefficient (Wildman–Crippen LogP) is 2.81. The van der Waals surface area contributed by atoms with Gasteiger partial charge in [-0.1, -0.05) is 23.8 Å². The zero-order chi connectivity index (χ0) is 22.2. The largest absolute Gasteiger partial charge is 0.504 e. The summed E-state index contributed by atoms with van der Waals surface area (Å²) in [4.78, 5) is 21.4. The molecule has 3 heterocycles. The van der Waals surface area contributed by atoms with Crippen LogP contribution in [0.15, 0.2) is 36.5 Å². The third-order valence-electron chi connectivity index (χ3n) is 5.45. The first-order chi connectivity index (χ1) is 14.8. The van der Waals surface area contributed by atoms with Crippen molar-refractivity contribution in [3.8, 4) is 5.75 Å². The molecule has 0 radical (unpaired) electrons. The Morgan fingerprint density at radius 2 is 2.03 bits per heavy atom. The van der Waals surface area contributed by atoms with E-state index in [1.807, 2.05) is 32.0 Å². The second-order valence-corrected chi connectivity index (χ2v) is 9.75. The van der Waals surface area contributed by atoms with Gasteiger partial charge in [0.25, 0.3) is 5.91 Å². The van der Waals surface area contributed by atoms with E-state index in [1.54, 1.807) is 12.1 Å². The van der Waals surface area contributed by atoms with Crippen LogP contribution in [0.1, 0.15) is 40.0 Å². The Balaban J connectivity index is 1.74. The van der Waals surface area contributed by atoms with Gasteiger partial charge in [-0.05, 0) is 49.9 Å². The number of hydrogen-bond donors (Lipinski definition) is 2. The van der Waals surface area contributed by atoms with E-state index in [9.17, 15) is 18.3 Å². The lowest BCUT2D eigenvalue weighted by Gasteiger charge is -2.28. The summed E-state index contributed by atoms with van der Waals surface area (Å²) in [6.45, 7) is 4.48. The summed E-state index contributed by atoms with van der Waals surface area (Å²) in [5.74, 6) is -0.823. The highest BCUT2D eigenvalue weighted by atomic mass is 32.2. The molecule has 1 aliphatic rings. The molecule has 1 saturated heterocycles. The molecule has 1 fully saturated rings. The highest BCUT2D eigenvalue weighted by molar-refractivity contribution is 7.92. The highest BCUT2D eigenvalue weighted by Crippen LogP contribution is 2.34. The fourth-order valence-corrected chi connectivity index (χ4v) is 5.38. The lowest BCUT2D eigenvalue weighted by molar-refractivity contribution is 0.0943. The molecule has 0 bridgehead atoms. The van der Waals surface area contributed by atoms with Crippen LogP contribution >= 0.6 is 0 Å². The van der Waals surface area contributed by atoms with Gasteiger partial charge in [0.15, 0.2) is 17.3 Å². The number of sulfonamides is 1. The summed E-state index contributed by atoms with van der Waals surface area (Å²) in [7, 11) is -3.56. The summed E-state index contributed by atoms with van der Waals surface area (Å²) >= 11 is 0. The van der Waals surface area contributed by atoms with E-state index in [2.05, 4.69) is 15.3 Å². The molecule has 1 amide bonds. The molecule has 31 heavy (non-hydrogen) atoms. The van der Waals surface area contributed by atoms with Crippen LogP contribution < -0.4 is 9.62 Å². The maximum Gasteiger partial charge on any atom is 0.274 e. The maximum atomic E-state index is 12.9. The van der Waals surface area contributed by atoms with Crippen LogP contribution in [0.3, 0.4) is 0 Å². The average molecular weight is 441 g/mol. The van der Waals surface area contributed by atoms with Gasteiger partial charge in [0, 0.05) is 24.7 Å². The third-order valence-corrected chi connectivity index (χ3v) is 7.28. The smallest absolute Gasteiger partial charge is 0.274 e. The van der Waals surface area contributed by atoms with Gasteiger partial charge in [0.05, 0.1) is 5.75 Å². The number of aromatic nitrogens is 2. The number of nitrogens with zero attached hydrogens (tertiary/aromatic N) is 3. The Hall–Kier alpha value is -3.20. The van der Waals surface area contributed by atoms with Gasteiger partial charge in [-0.25, -0.2) is 13.4 Å². The quantitative estimate of drug-likeness (QED) is 0.645. The standard InChI is InChI=1S/C22H24N4O4S/c1-14-7-8-16(15(2)12-14)13-24-22(28)19-20(27)18-17(6-5-9-23-18)21(25-19)26-10-3-4-11-31(26,29)30/h5-9,12,27H,3-4,10-11,13H2,1-2H3,(H,24,28). The molecule has 2 N–H and O–H groups in total. The minimum Gasteiger partial charge on any atom is -0.504 e. The number of hydrogen-bond acceptors (Lipinski definition) is 6.